The molecule has 0 unspecified atom stereocenters. The number of carbonyl (C=O) groups is 1. The van der Waals surface area contributed by atoms with E-state index in [4.69, 9.17) is 28.4 Å². The minimum atomic E-state index is -1.11. The zero-order valence-electron chi connectivity index (χ0n) is 25.8. The smallest absolute Gasteiger partial charge is 0.409 e. The lowest BCUT2D eigenvalue weighted by molar-refractivity contribution is -0.315. The van der Waals surface area contributed by atoms with Crippen LogP contribution >= 0.6 is 0 Å². The van der Waals surface area contributed by atoms with Gasteiger partial charge in [-0.15, -0.1) is 6.58 Å². The summed E-state index contributed by atoms with van der Waals surface area (Å²) in [5, 5.41) is 2.67. The van der Waals surface area contributed by atoms with Gasteiger partial charge in [-0.3, -0.25) is 0 Å². The largest absolute Gasteiger partial charge is 0.417 e. The van der Waals surface area contributed by atoms with Crippen LogP contribution in [0.25, 0.3) is 0 Å². The van der Waals surface area contributed by atoms with Crippen LogP contribution in [-0.2, 0) is 54.8 Å². The Kier molecular flexibility index (Phi) is 12.9. The maximum absolute atomic E-state index is 12.9. The van der Waals surface area contributed by atoms with Crippen LogP contribution in [-0.4, -0.2) is 50.0 Å². The summed E-state index contributed by atoms with van der Waals surface area (Å²) in [6.07, 6.45) is -3.00. The third-order valence-electron chi connectivity index (χ3n) is 7.45. The summed E-state index contributed by atoms with van der Waals surface area (Å²) in [4.78, 5) is 12.9. The fourth-order valence-corrected chi connectivity index (χ4v) is 5.14. The van der Waals surface area contributed by atoms with Crippen molar-refractivity contribution in [1.82, 2.24) is 5.32 Å². The van der Waals surface area contributed by atoms with Crippen LogP contribution in [0.1, 0.15) is 22.3 Å². The number of hydrogen-bond acceptors (Lipinski definition) is 7. The first kappa shape index (κ1) is 33.1. The molecule has 46 heavy (non-hydrogen) atoms. The number of nitrogens with one attached hydrogen (secondary N) is 1. The number of benzene rings is 4. The topological polar surface area (TPSA) is 84.5 Å². The summed E-state index contributed by atoms with van der Waals surface area (Å²) in [5.41, 5.74) is 3.96. The minimum absolute atomic E-state index is 0.166. The van der Waals surface area contributed by atoms with E-state index in [9.17, 15) is 4.79 Å². The van der Waals surface area contributed by atoms with Crippen LogP contribution in [0.2, 0.25) is 0 Å². The fraction of sp³-hybridized carbons (Fsp3) is 0.289. The first-order chi connectivity index (χ1) is 22.7. The molecule has 0 spiro atoms. The molecule has 4 aromatic rings. The molecule has 5 atom stereocenters. The molecule has 0 aliphatic carbocycles. The predicted octanol–water partition coefficient (Wildman–Crippen LogP) is 6.60. The van der Waals surface area contributed by atoms with Gasteiger partial charge in [0.15, 0.2) is 0 Å². The van der Waals surface area contributed by atoms with Crippen molar-refractivity contribution in [3.63, 3.8) is 0 Å². The number of hydrogen-bond donors (Lipinski definition) is 1. The van der Waals surface area contributed by atoms with Gasteiger partial charge in [0.1, 0.15) is 24.4 Å². The summed E-state index contributed by atoms with van der Waals surface area (Å²) in [7, 11) is 0. The van der Waals surface area contributed by atoms with Gasteiger partial charge in [-0.05, 0) is 22.3 Å². The molecule has 240 valence electrons. The predicted molar refractivity (Wildman–Crippen MR) is 174 cm³/mol. The van der Waals surface area contributed by atoms with Crippen molar-refractivity contribution >= 4 is 6.09 Å². The number of amides is 1. The Labute approximate surface area is 270 Å². The SMILES string of the molecule is C=CCNC(=O)O[C@@H]1O[C@H](COCc2ccccc2)[C@@H](OCc2ccccc2)[C@H](OCc2ccccc2)[C@H]1OCc1ccccc1. The van der Waals surface area contributed by atoms with Crippen molar-refractivity contribution in [2.24, 2.45) is 0 Å². The van der Waals surface area contributed by atoms with Crippen molar-refractivity contribution in [1.29, 1.82) is 0 Å². The quantitative estimate of drug-likeness (QED) is 0.141. The van der Waals surface area contributed by atoms with Gasteiger partial charge < -0.3 is 33.7 Å². The molecule has 1 saturated heterocycles. The van der Waals surface area contributed by atoms with Gasteiger partial charge in [0, 0.05) is 6.54 Å². The van der Waals surface area contributed by atoms with E-state index in [2.05, 4.69) is 11.9 Å². The molecule has 0 bridgehead atoms. The van der Waals surface area contributed by atoms with Crippen LogP contribution in [0.4, 0.5) is 4.79 Å². The number of rotatable bonds is 16. The lowest BCUT2D eigenvalue weighted by atomic mass is 9.97. The van der Waals surface area contributed by atoms with E-state index in [1.807, 2.05) is 121 Å². The molecule has 1 fully saturated rings. The summed E-state index contributed by atoms with van der Waals surface area (Å²) in [6, 6.07) is 39.5. The van der Waals surface area contributed by atoms with Crippen LogP contribution in [0.3, 0.4) is 0 Å². The highest BCUT2D eigenvalue weighted by atomic mass is 16.7. The third kappa shape index (κ3) is 10.1. The van der Waals surface area contributed by atoms with E-state index in [0.717, 1.165) is 22.3 Å². The average Bonchev–Trinajstić information content (AvgIpc) is 3.10. The van der Waals surface area contributed by atoms with Gasteiger partial charge in [-0.1, -0.05) is 127 Å². The molecule has 1 aliphatic rings. The van der Waals surface area contributed by atoms with Gasteiger partial charge in [0.05, 0.1) is 33.0 Å². The van der Waals surface area contributed by atoms with Gasteiger partial charge >= 0.3 is 6.09 Å². The highest BCUT2D eigenvalue weighted by Crippen LogP contribution is 2.31. The van der Waals surface area contributed by atoms with Gasteiger partial charge in [0.2, 0.25) is 6.29 Å². The van der Waals surface area contributed by atoms with Crippen molar-refractivity contribution < 1.29 is 33.2 Å². The molecule has 5 rings (SSSR count). The Morgan fingerprint density at radius 1 is 0.630 bits per heavy atom. The molecule has 0 aromatic heterocycles. The lowest BCUT2D eigenvalue weighted by Gasteiger charge is -2.45. The molecule has 4 aromatic carbocycles. The Balaban J connectivity index is 1.44. The summed E-state index contributed by atoms with van der Waals surface area (Å²) >= 11 is 0. The second-order valence-corrected chi connectivity index (χ2v) is 10.9. The number of carbonyl (C=O) groups excluding carboxylic acids is 1. The summed E-state index contributed by atoms with van der Waals surface area (Å²) < 4.78 is 38.3. The molecular formula is C38H41NO7. The Bertz CT molecular complexity index is 1440. The Hall–Kier alpha value is -4.31. The van der Waals surface area contributed by atoms with Gasteiger partial charge in [-0.2, -0.15) is 0 Å². The van der Waals surface area contributed by atoms with Crippen molar-refractivity contribution in [3.05, 3.63) is 156 Å². The lowest BCUT2D eigenvalue weighted by Crippen LogP contribution is -2.62. The summed E-state index contributed by atoms with van der Waals surface area (Å²) in [5.74, 6) is 0. The second kappa shape index (κ2) is 18.0. The normalized spacial score (nSPS) is 20.9. The van der Waals surface area contributed by atoms with E-state index < -0.39 is 36.8 Å². The van der Waals surface area contributed by atoms with E-state index in [-0.39, 0.29) is 26.4 Å². The first-order valence-corrected chi connectivity index (χ1v) is 15.5. The molecule has 8 nitrogen and oxygen atoms in total. The van der Waals surface area contributed by atoms with E-state index >= 15 is 0 Å². The second-order valence-electron chi connectivity index (χ2n) is 10.9. The monoisotopic (exact) mass is 623 g/mol. The molecule has 1 N–H and O–H groups in total. The molecule has 8 heteroatoms. The zero-order valence-corrected chi connectivity index (χ0v) is 25.8. The third-order valence-corrected chi connectivity index (χ3v) is 7.45. The maximum atomic E-state index is 12.9. The van der Waals surface area contributed by atoms with Crippen LogP contribution < -0.4 is 5.32 Å². The maximum Gasteiger partial charge on any atom is 0.409 e. The fourth-order valence-electron chi connectivity index (χ4n) is 5.14. The zero-order chi connectivity index (χ0) is 31.8. The molecule has 0 saturated carbocycles. The average molecular weight is 624 g/mol. The summed E-state index contributed by atoms with van der Waals surface area (Å²) in [6.45, 7) is 5.29. The number of ether oxygens (including phenoxy) is 6. The van der Waals surface area contributed by atoms with Crippen molar-refractivity contribution in [3.8, 4) is 0 Å². The van der Waals surface area contributed by atoms with Gasteiger partial charge in [-0.25, -0.2) is 4.79 Å². The Morgan fingerprint density at radius 2 is 1.07 bits per heavy atom. The van der Waals surface area contributed by atoms with E-state index in [1.165, 1.54) is 0 Å². The highest BCUT2D eigenvalue weighted by Gasteiger charge is 2.50. The van der Waals surface area contributed by atoms with Crippen LogP contribution in [0.15, 0.2) is 134 Å². The number of alkyl carbamates (subject to hydrolysis) is 1. The standard InChI is InChI=1S/C38H41NO7/c1-2-23-39-38(40)46-37-36(44-27-32-21-13-6-14-22-32)35(43-26-31-19-11-5-12-20-31)34(42-25-30-17-9-4-10-18-30)33(45-37)28-41-24-29-15-7-3-8-16-29/h2-22,33-37H,1,23-28H2,(H,39,40)/t33-,34-,35+,36-,37+/m1/s1. The van der Waals surface area contributed by atoms with Crippen LogP contribution in [0, 0.1) is 0 Å². The van der Waals surface area contributed by atoms with Crippen molar-refractivity contribution in [2.45, 2.75) is 57.1 Å². The Morgan fingerprint density at radius 3 is 1.54 bits per heavy atom. The van der Waals surface area contributed by atoms with Gasteiger partial charge in [0.25, 0.3) is 0 Å². The molecule has 0 radical (unpaired) electrons. The van der Waals surface area contributed by atoms with E-state index in [1.54, 1.807) is 6.08 Å². The molecule has 1 heterocycles. The highest BCUT2D eigenvalue weighted by molar-refractivity contribution is 5.67. The molecule has 1 amide bonds. The first-order valence-electron chi connectivity index (χ1n) is 15.5. The van der Waals surface area contributed by atoms with E-state index in [0.29, 0.717) is 13.2 Å². The van der Waals surface area contributed by atoms with Crippen molar-refractivity contribution in [2.75, 3.05) is 13.2 Å². The molecular weight excluding hydrogens is 582 g/mol. The van der Waals surface area contributed by atoms with Crippen LogP contribution in [0.5, 0.6) is 0 Å². The minimum Gasteiger partial charge on any atom is -0.417 e. The molecule has 1 aliphatic heterocycles.